The van der Waals surface area contributed by atoms with Gasteiger partial charge in [0.25, 0.3) is 5.56 Å². The van der Waals surface area contributed by atoms with Gasteiger partial charge in [0.15, 0.2) is 11.5 Å². The average Bonchev–Trinajstić information content (AvgIpc) is 2.82. The number of urea groups is 1. The number of nitrogens with one attached hydrogen (secondary N) is 3. The molecule has 0 radical (unpaired) electrons. The van der Waals surface area contributed by atoms with Gasteiger partial charge in [-0.2, -0.15) is 0 Å². The van der Waals surface area contributed by atoms with Gasteiger partial charge in [-0.25, -0.2) is 14.5 Å². The summed E-state index contributed by atoms with van der Waals surface area (Å²) < 4.78 is 3.57. The van der Waals surface area contributed by atoms with Crippen LogP contribution in [0.5, 0.6) is 0 Å². The maximum absolute atomic E-state index is 12.7. The van der Waals surface area contributed by atoms with E-state index in [4.69, 9.17) is 11.1 Å². The normalized spacial score (nSPS) is 18.3. The Hall–Kier alpha value is -3.10. The van der Waals surface area contributed by atoms with E-state index in [9.17, 15) is 9.59 Å². The Morgan fingerprint density at radius 3 is 2.67 bits per heavy atom. The summed E-state index contributed by atoms with van der Waals surface area (Å²) in [6.07, 6.45) is 6.51. The van der Waals surface area contributed by atoms with Gasteiger partial charge < -0.3 is 21.8 Å². The molecule has 0 fully saturated rings. The molecule has 0 spiro atoms. The van der Waals surface area contributed by atoms with E-state index in [1.807, 2.05) is 4.68 Å². The van der Waals surface area contributed by atoms with E-state index in [1.165, 1.54) is 12.2 Å². The summed E-state index contributed by atoms with van der Waals surface area (Å²) in [6, 6.07) is -0.751. The molecule has 3 rings (SSSR count). The summed E-state index contributed by atoms with van der Waals surface area (Å²) in [6.45, 7) is 1.40. The third kappa shape index (κ3) is 2.75. The number of anilines is 1. The van der Waals surface area contributed by atoms with Gasteiger partial charge in [0, 0.05) is 20.1 Å². The molecule has 1 aliphatic carbocycles. The lowest BCUT2D eigenvalue weighted by molar-refractivity contribution is 0.251. The summed E-state index contributed by atoms with van der Waals surface area (Å²) in [4.78, 5) is 28.3. The van der Waals surface area contributed by atoms with Crippen LogP contribution in [0.1, 0.15) is 12.8 Å². The van der Waals surface area contributed by atoms with Crippen LogP contribution in [0.4, 0.5) is 16.3 Å². The van der Waals surface area contributed by atoms with E-state index in [2.05, 4.69) is 15.6 Å². The number of amides is 2. The van der Waals surface area contributed by atoms with E-state index in [0.29, 0.717) is 23.8 Å². The number of primary amides is 1. The van der Waals surface area contributed by atoms with Crippen molar-refractivity contribution in [2.75, 3.05) is 12.4 Å². The quantitative estimate of drug-likeness (QED) is 0.609. The highest BCUT2D eigenvalue weighted by atomic mass is 16.2. The Labute approximate surface area is 138 Å². The van der Waals surface area contributed by atoms with Crippen LogP contribution in [0, 0.1) is 5.41 Å². The average molecular weight is 329 g/mol. The third-order valence-electron chi connectivity index (χ3n) is 3.92. The van der Waals surface area contributed by atoms with Crippen LogP contribution in [0.2, 0.25) is 0 Å². The molecule has 0 atom stereocenters. The molecule has 1 aliphatic heterocycles. The predicted octanol–water partition coefficient (Wildman–Crippen LogP) is 0.700. The van der Waals surface area contributed by atoms with Crippen molar-refractivity contribution in [2.24, 2.45) is 10.7 Å². The second-order valence-electron chi connectivity index (χ2n) is 5.54. The number of carbonyl (C=O) groups excluding carboxylic acids is 1. The zero-order chi connectivity index (χ0) is 17.3. The zero-order valence-electron chi connectivity index (χ0n) is 13.3. The molecule has 5 N–H and O–H groups in total. The predicted molar refractivity (Wildman–Crippen MR) is 92.2 cm³/mol. The van der Waals surface area contributed by atoms with Gasteiger partial charge in [-0.3, -0.25) is 9.48 Å². The van der Waals surface area contributed by atoms with Crippen molar-refractivity contribution in [3.8, 4) is 0 Å². The minimum absolute atomic E-state index is 0.181. The fraction of sp³-hybridized carbons (Fsp3) is 0.333. The number of nitrogens with two attached hydrogens (primary N) is 1. The summed E-state index contributed by atoms with van der Waals surface area (Å²) in [5.41, 5.74) is 6.15. The molecular weight excluding hydrogens is 310 g/mol. The molecule has 0 bridgehead atoms. The smallest absolute Gasteiger partial charge is 0.316 e. The van der Waals surface area contributed by atoms with Crippen LogP contribution < -0.4 is 21.9 Å². The molecule has 0 unspecified atom stereocenters. The third-order valence-corrected chi connectivity index (χ3v) is 3.92. The van der Waals surface area contributed by atoms with Gasteiger partial charge in [-0.15, -0.1) is 0 Å². The molecule has 1 aromatic heterocycles. The molecule has 0 saturated heterocycles. The first-order chi connectivity index (χ1) is 11.5. The molecular formula is C15H19N7O2. The van der Waals surface area contributed by atoms with Crippen LogP contribution in [-0.2, 0) is 13.1 Å². The molecule has 126 valence electrons. The molecule has 9 nitrogen and oxygen atoms in total. The molecule has 2 amide bonds. The SMILES string of the molecule is CNc1c(/N=C2\C=CC(=N)C=C2NC(N)=O)c(=O)n2n1CCCC2. The van der Waals surface area contributed by atoms with Gasteiger partial charge in [-0.1, -0.05) is 0 Å². The summed E-state index contributed by atoms with van der Waals surface area (Å²) in [5.74, 6) is 0.639. The van der Waals surface area contributed by atoms with Crippen molar-refractivity contribution < 1.29 is 4.79 Å². The summed E-state index contributed by atoms with van der Waals surface area (Å²) in [5, 5.41) is 13.1. The van der Waals surface area contributed by atoms with Gasteiger partial charge in [0.1, 0.15) is 0 Å². The van der Waals surface area contributed by atoms with Crippen molar-refractivity contribution in [2.45, 2.75) is 25.9 Å². The first-order valence-electron chi connectivity index (χ1n) is 7.66. The lowest BCUT2D eigenvalue weighted by Gasteiger charge is -2.18. The number of aliphatic imine (C=N–C) groups is 1. The monoisotopic (exact) mass is 329 g/mol. The largest absolute Gasteiger partial charge is 0.371 e. The highest BCUT2D eigenvalue weighted by molar-refractivity contribution is 6.21. The Bertz CT molecular complexity index is 854. The maximum atomic E-state index is 12.7. The lowest BCUT2D eigenvalue weighted by Crippen LogP contribution is -2.33. The fourth-order valence-corrected chi connectivity index (χ4v) is 2.89. The number of carbonyl (C=O) groups is 1. The topological polar surface area (TPSA) is 130 Å². The van der Waals surface area contributed by atoms with E-state index in [0.717, 1.165) is 19.4 Å². The van der Waals surface area contributed by atoms with Crippen LogP contribution in [-0.4, -0.2) is 33.9 Å². The number of hydrogen-bond acceptors (Lipinski definition) is 5. The number of nitrogens with zero attached hydrogens (tertiary/aromatic N) is 3. The molecule has 1 aromatic rings. The zero-order valence-corrected chi connectivity index (χ0v) is 13.3. The van der Waals surface area contributed by atoms with E-state index < -0.39 is 6.03 Å². The summed E-state index contributed by atoms with van der Waals surface area (Å²) >= 11 is 0. The van der Waals surface area contributed by atoms with Crippen molar-refractivity contribution >= 4 is 29.0 Å². The molecule has 0 aromatic carbocycles. The second kappa shape index (κ2) is 6.19. The first-order valence-corrected chi connectivity index (χ1v) is 7.66. The Kier molecular flexibility index (Phi) is 4.07. The fourth-order valence-electron chi connectivity index (χ4n) is 2.89. The molecule has 24 heavy (non-hydrogen) atoms. The number of fused-ring (bicyclic) bond motifs is 1. The van der Waals surface area contributed by atoms with Gasteiger partial charge >= 0.3 is 6.03 Å². The highest BCUT2D eigenvalue weighted by Crippen LogP contribution is 2.25. The van der Waals surface area contributed by atoms with Crippen molar-refractivity contribution in [3.05, 3.63) is 34.3 Å². The van der Waals surface area contributed by atoms with Crippen LogP contribution >= 0.6 is 0 Å². The minimum Gasteiger partial charge on any atom is -0.371 e. The highest BCUT2D eigenvalue weighted by Gasteiger charge is 2.22. The maximum Gasteiger partial charge on any atom is 0.316 e. The molecule has 0 saturated carbocycles. The Morgan fingerprint density at radius 1 is 1.29 bits per heavy atom. The van der Waals surface area contributed by atoms with Gasteiger partial charge in [-0.05, 0) is 31.1 Å². The summed E-state index contributed by atoms with van der Waals surface area (Å²) in [7, 11) is 1.74. The number of aromatic nitrogens is 2. The number of rotatable bonds is 3. The van der Waals surface area contributed by atoms with E-state index >= 15 is 0 Å². The van der Waals surface area contributed by atoms with E-state index in [1.54, 1.807) is 17.8 Å². The standard InChI is InChI=1S/C15H19N7O2/c1-18-13-12(14(23)22-7-3-2-6-21(13)22)19-10-5-4-9(16)8-11(10)20-15(17)24/h4-5,8,16,18H,2-3,6-7H2,1H3,(H3,17,20,24)/b16-9?,19-10+. The van der Waals surface area contributed by atoms with Crippen molar-refractivity contribution in [1.29, 1.82) is 5.41 Å². The van der Waals surface area contributed by atoms with Gasteiger partial charge in [0.05, 0.1) is 17.1 Å². The van der Waals surface area contributed by atoms with Crippen molar-refractivity contribution in [1.82, 2.24) is 14.7 Å². The Balaban J connectivity index is 2.10. The van der Waals surface area contributed by atoms with Crippen LogP contribution in [0.15, 0.2) is 33.7 Å². The minimum atomic E-state index is -0.751. The van der Waals surface area contributed by atoms with Crippen molar-refractivity contribution in [3.63, 3.8) is 0 Å². The number of allylic oxidation sites excluding steroid dienone is 3. The Morgan fingerprint density at radius 2 is 2.00 bits per heavy atom. The molecule has 9 heteroatoms. The van der Waals surface area contributed by atoms with Crippen LogP contribution in [0.3, 0.4) is 0 Å². The molecule has 2 heterocycles. The number of hydrogen-bond donors (Lipinski definition) is 4. The lowest BCUT2D eigenvalue weighted by atomic mass is 10.1. The first kappa shape index (κ1) is 15.8. The molecule has 2 aliphatic rings. The second-order valence-corrected chi connectivity index (χ2v) is 5.54. The van der Waals surface area contributed by atoms with Gasteiger partial charge in [0.2, 0.25) is 0 Å². The van der Waals surface area contributed by atoms with Crippen LogP contribution in [0.25, 0.3) is 0 Å². The van der Waals surface area contributed by atoms with E-state index in [-0.39, 0.29) is 17.0 Å².